The molecule has 0 unspecified atom stereocenters. The maximum atomic E-state index is 10.5. The second-order valence-corrected chi connectivity index (χ2v) is 6.17. The Balaban J connectivity index is -0.000000269. The van der Waals surface area contributed by atoms with Crippen LogP contribution >= 0.6 is 0 Å². The van der Waals surface area contributed by atoms with Gasteiger partial charge in [-0.15, -0.1) is 0 Å². The van der Waals surface area contributed by atoms with Gasteiger partial charge in [0, 0.05) is 6.08 Å². The predicted octanol–water partition coefficient (Wildman–Crippen LogP) is 0.822. The molecule has 0 bridgehead atoms. The van der Waals surface area contributed by atoms with E-state index in [4.69, 9.17) is 25.2 Å². The Bertz CT molecular complexity index is 314. The summed E-state index contributed by atoms with van der Waals surface area (Å²) in [7, 11) is 0. The van der Waals surface area contributed by atoms with Gasteiger partial charge in [-0.1, -0.05) is 27.4 Å². The number of ether oxygens (including phenoxy) is 1. The second-order valence-electron chi connectivity index (χ2n) is 6.17. The zero-order valence-corrected chi connectivity index (χ0v) is 14.1. The van der Waals surface area contributed by atoms with Gasteiger partial charge in [0.15, 0.2) is 0 Å². The van der Waals surface area contributed by atoms with Gasteiger partial charge in [-0.3, -0.25) is 4.79 Å². The van der Waals surface area contributed by atoms with Gasteiger partial charge >= 0.3 is 11.9 Å². The highest BCUT2D eigenvalue weighted by molar-refractivity contribution is 5.81. The molecule has 0 radical (unpaired) electrons. The van der Waals surface area contributed by atoms with Crippen LogP contribution in [0, 0.1) is 10.8 Å². The SMILES string of the molecule is C=CC(=O)OCC(C)(C)C.CC(C)(CO)C(=O)O.OCCO. The van der Waals surface area contributed by atoms with E-state index in [1.807, 2.05) is 20.8 Å². The summed E-state index contributed by atoms with van der Waals surface area (Å²) in [6.45, 7) is 12.1. The minimum absolute atomic E-state index is 0.0403. The lowest BCUT2D eigenvalue weighted by Gasteiger charge is -2.16. The molecular formula is C15H30O7. The first-order chi connectivity index (χ1) is 9.87. The highest BCUT2D eigenvalue weighted by Crippen LogP contribution is 2.13. The second kappa shape index (κ2) is 13.2. The summed E-state index contributed by atoms with van der Waals surface area (Å²) in [6, 6.07) is 0. The molecule has 0 saturated heterocycles. The molecule has 4 N–H and O–H groups in total. The van der Waals surface area contributed by atoms with E-state index in [1.165, 1.54) is 19.9 Å². The van der Waals surface area contributed by atoms with Gasteiger partial charge in [0.1, 0.15) is 0 Å². The van der Waals surface area contributed by atoms with Crippen molar-refractivity contribution in [1.29, 1.82) is 0 Å². The molecule has 22 heavy (non-hydrogen) atoms. The van der Waals surface area contributed by atoms with Crippen molar-refractivity contribution in [3.05, 3.63) is 12.7 Å². The van der Waals surface area contributed by atoms with Crippen molar-refractivity contribution in [3.63, 3.8) is 0 Å². The van der Waals surface area contributed by atoms with Crippen molar-refractivity contribution in [2.75, 3.05) is 26.4 Å². The van der Waals surface area contributed by atoms with E-state index in [0.717, 1.165) is 0 Å². The number of carboxylic acids is 1. The standard InChI is InChI=1S/C8H14O2.C5H10O3.C2H6O2/c1-5-7(9)10-6-8(2,3)4;1-5(2,3-6)4(7)8;3-1-2-4/h5H,1,6H2,2-4H3;6H,3H2,1-2H3,(H,7,8);3-4H,1-2H2. The maximum absolute atomic E-state index is 10.5. The molecule has 0 saturated carbocycles. The van der Waals surface area contributed by atoms with E-state index in [1.54, 1.807) is 0 Å². The smallest absolute Gasteiger partial charge is 0.330 e. The van der Waals surface area contributed by atoms with Crippen molar-refractivity contribution in [3.8, 4) is 0 Å². The number of hydrogen-bond donors (Lipinski definition) is 4. The molecule has 0 aromatic carbocycles. The number of carboxylic acid groups (broad SMARTS) is 1. The van der Waals surface area contributed by atoms with Crippen LogP contribution < -0.4 is 0 Å². The van der Waals surface area contributed by atoms with Crippen LogP contribution in [0.25, 0.3) is 0 Å². The first-order valence-electron chi connectivity index (χ1n) is 6.73. The predicted molar refractivity (Wildman–Crippen MR) is 83.3 cm³/mol. The third kappa shape index (κ3) is 20.9. The largest absolute Gasteiger partial charge is 0.481 e. The lowest BCUT2D eigenvalue weighted by molar-refractivity contribution is -0.149. The van der Waals surface area contributed by atoms with E-state index in [9.17, 15) is 9.59 Å². The zero-order chi connectivity index (χ0) is 18.4. The average molecular weight is 322 g/mol. The molecule has 0 aliphatic rings. The molecule has 0 amide bonds. The van der Waals surface area contributed by atoms with E-state index in [-0.39, 0.29) is 31.2 Å². The van der Waals surface area contributed by atoms with Crippen LogP contribution in [-0.4, -0.2) is 58.8 Å². The topological polar surface area (TPSA) is 124 Å². The summed E-state index contributed by atoms with van der Waals surface area (Å²) in [6.07, 6.45) is 1.17. The van der Waals surface area contributed by atoms with Crippen molar-refractivity contribution < 1.29 is 34.8 Å². The van der Waals surface area contributed by atoms with Gasteiger partial charge in [-0.05, 0) is 19.3 Å². The fraction of sp³-hybridized carbons (Fsp3) is 0.733. The van der Waals surface area contributed by atoms with Crippen molar-refractivity contribution >= 4 is 11.9 Å². The molecule has 0 aliphatic heterocycles. The van der Waals surface area contributed by atoms with E-state index in [2.05, 4.69) is 6.58 Å². The lowest BCUT2D eigenvalue weighted by atomic mass is 9.96. The molecule has 0 rings (SSSR count). The molecule has 7 heteroatoms. The fourth-order valence-electron chi connectivity index (χ4n) is 0.414. The minimum Gasteiger partial charge on any atom is -0.481 e. The van der Waals surface area contributed by atoms with Crippen molar-refractivity contribution in [2.24, 2.45) is 10.8 Å². The van der Waals surface area contributed by atoms with Gasteiger partial charge in [0.25, 0.3) is 0 Å². The summed E-state index contributed by atoms with van der Waals surface area (Å²) >= 11 is 0. The van der Waals surface area contributed by atoms with Crippen molar-refractivity contribution in [2.45, 2.75) is 34.6 Å². The molecule has 0 spiro atoms. The van der Waals surface area contributed by atoms with Crippen LogP contribution in [0.15, 0.2) is 12.7 Å². The number of carbonyl (C=O) groups excluding carboxylic acids is 1. The summed E-state index contributed by atoms with van der Waals surface area (Å²) in [5, 5.41) is 31.9. The number of hydrogen-bond acceptors (Lipinski definition) is 6. The highest BCUT2D eigenvalue weighted by atomic mass is 16.5. The molecule has 0 aliphatic carbocycles. The number of rotatable bonds is 5. The average Bonchev–Trinajstić information content (AvgIpc) is 2.44. The molecule has 0 aromatic heterocycles. The first kappa shape index (κ1) is 25.5. The van der Waals surface area contributed by atoms with E-state index in [0.29, 0.717) is 6.61 Å². The van der Waals surface area contributed by atoms with Crippen molar-refractivity contribution in [1.82, 2.24) is 0 Å². The van der Waals surface area contributed by atoms with Gasteiger partial charge in [-0.2, -0.15) is 0 Å². The molecule has 132 valence electrons. The minimum atomic E-state index is -0.986. The van der Waals surface area contributed by atoms with Crippen LogP contribution in [0.1, 0.15) is 34.6 Å². The number of aliphatic hydroxyl groups excluding tert-OH is 3. The Morgan fingerprint density at radius 2 is 1.45 bits per heavy atom. The maximum Gasteiger partial charge on any atom is 0.330 e. The molecule has 0 fully saturated rings. The lowest BCUT2D eigenvalue weighted by Crippen LogP contribution is -2.27. The Morgan fingerprint density at radius 3 is 1.59 bits per heavy atom. The molecule has 0 heterocycles. The first-order valence-corrected chi connectivity index (χ1v) is 6.73. The van der Waals surface area contributed by atoms with Crippen LogP contribution in [0.2, 0.25) is 0 Å². The Labute approximate surface area is 132 Å². The number of carbonyl (C=O) groups is 2. The molecule has 0 aromatic rings. The Kier molecular flexibility index (Phi) is 15.4. The van der Waals surface area contributed by atoms with E-state index < -0.39 is 11.4 Å². The Hall–Kier alpha value is -1.44. The number of esters is 1. The third-order valence-corrected chi connectivity index (χ3v) is 1.89. The highest BCUT2D eigenvalue weighted by Gasteiger charge is 2.25. The van der Waals surface area contributed by atoms with Gasteiger partial charge in [0.05, 0.1) is 31.8 Å². The van der Waals surface area contributed by atoms with Gasteiger partial charge in [-0.25, -0.2) is 4.79 Å². The van der Waals surface area contributed by atoms with Crippen LogP contribution in [0.4, 0.5) is 0 Å². The van der Waals surface area contributed by atoms with Crippen LogP contribution in [0.5, 0.6) is 0 Å². The van der Waals surface area contributed by atoms with E-state index >= 15 is 0 Å². The van der Waals surface area contributed by atoms with Gasteiger partial charge in [0.2, 0.25) is 0 Å². The number of aliphatic hydroxyl groups is 3. The Morgan fingerprint density at radius 1 is 1.05 bits per heavy atom. The third-order valence-electron chi connectivity index (χ3n) is 1.89. The summed E-state index contributed by atoms with van der Waals surface area (Å²) in [5.41, 5.74) is -0.946. The molecule has 7 nitrogen and oxygen atoms in total. The van der Waals surface area contributed by atoms with Crippen LogP contribution in [-0.2, 0) is 14.3 Å². The van der Waals surface area contributed by atoms with Gasteiger partial charge < -0.3 is 25.2 Å². The summed E-state index contributed by atoms with van der Waals surface area (Å²) in [4.78, 5) is 20.6. The molecule has 0 atom stereocenters. The molecular weight excluding hydrogens is 292 g/mol. The van der Waals surface area contributed by atoms with Crippen LogP contribution in [0.3, 0.4) is 0 Å². The fourth-order valence-corrected chi connectivity index (χ4v) is 0.414. The monoisotopic (exact) mass is 322 g/mol. The normalized spacial score (nSPS) is 10.4. The summed E-state index contributed by atoms with van der Waals surface area (Å²) < 4.78 is 4.80. The summed E-state index contributed by atoms with van der Waals surface area (Å²) in [5.74, 6) is -1.32. The zero-order valence-electron chi connectivity index (χ0n) is 14.1. The quantitative estimate of drug-likeness (QED) is 0.436. The number of aliphatic carboxylic acids is 1.